The second kappa shape index (κ2) is 7.33. The Bertz CT molecular complexity index is 714. The van der Waals surface area contributed by atoms with E-state index in [1.165, 1.54) is 0 Å². The van der Waals surface area contributed by atoms with Crippen molar-refractivity contribution in [1.82, 2.24) is 9.55 Å². The molecule has 0 unspecified atom stereocenters. The fourth-order valence-corrected chi connectivity index (χ4v) is 3.55. The Labute approximate surface area is 125 Å². The molecule has 1 heterocycles. The van der Waals surface area contributed by atoms with E-state index < -0.39 is 32.0 Å². The molecular weight excluding hydrogens is 346 g/mol. The van der Waals surface area contributed by atoms with E-state index in [9.17, 15) is 14.0 Å². The molecule has 21 heavy (non-hydrogen) atoms. The number of aliphatic hydroxyl groups excluding tert-OH is 1. The van der Waals surface area contributed by atoms with E-state index in [4.69, 9.17) is 9.84 Å². The van der Waals surface area contributed by atoms with Crippen LogP contribution in [0.4, 0.5) is 4.39 Å². The molecule has 2 aromatic rings. The summed E-state index contributed by atoms with van der Waals surface area (Å²) in [4.78, 5) is 25.1. The Hall–Kier alpha value is -1.73. The Morgan fingerprint density at radius 1 is 1.29 bits per heavy atom. The fourth-order valence-electron chi connectivity index (χ4n) is 1.57. The first-order valence-electron chi connectivity index (χ1n) is 6.07. The molecule has 112 valence electrons. The quantitative estimate of drug-likeness (QED) is 0.476. The summed E-state index contributed by atoms with van der Waals surface area (Å²) in [6.07, 6.45) is 0. The van der Waals surface area contributed by atoms with Crippen molar-refractivity contribution in [2.24, 2.45) is 0 Å². The van der Waals surface area contributed by atoms with Crippen molar-refractivity contribution in [1.29, 1.82) is 0 Å². The number of nitrogens with zero attached hydrogens (tertiary/aromatic N) is 1. The van der Waals surface area contributed by atoms with Gasteiger partial charge >= 0.3 is 125 Å². The number of hydrogen-bond donors (Lipinski definition) is 2. The maximum atomic E-state index is 14.0. The first kappa shape index (κ1) is 15.7. The van der Waals surface area contributed by atoms with E-state index in [0.29, 0.717) is 0 Å². The Balaban J connectivity index is 2.41. The van der Waals surface area contributed by atoms with Gasteiger partial charge in [0.25, 0.3) is 0 Å². The molecule has 0 atom stereocenters. The van der Waals surface area contributed by atoms with E-state index in [1.54, 1.807) is 24.3 Å². The van der Waals surface area contributed by atoms with E-state index in [1.807, 2.05) is 11.1 Å². The average Bonchev–Trinajstić information content (AvgIpc) is 2.49. The van der Waals surface area contributed by atoms with E-state index in [0.717, 1.165) is 9.03 Å². The Morgan fingerprint density at radius 2 is 2.00 bits per heavy atom. The molecule has 6 nitrogen and oxygen atoms in total. The van der Waals surface area contributed by atoms with Crippen LogP contribution in [-0.4, -0.2) is 42.8 Å². The van der Waals surface area contributed by atoms with Crippen LogP contribution in [0.15, 0.2) is 39.9 Å². The average molecular weight is 359 g/mol. The van der Waals surface area contributed by atoms with Crippen LogP contribution in [-0.2, 0) is 11.5 Å². The summed E-state index contributed by atoms with van der Waals surface area (Å²) in [7, 11) is 0. The molecule has 0 aliphatic rings. The number of rotatable bonds is 6. The SMILES string of the molecule is O=c1[nH]c(=O)n(COCCO)c([Se]c2ccccc2)c1F. The third-order valence-corrected chi connectivity index (χ3v) is 4.82. The van der Waals surface area contributed by atoms with Crippen LogP contribution in [0.25, 0.3) is 0 Å². The van der Waals surface area contributed by atoms with Crippen LogP contribution in [0.3, 0.4) is 0 Å². The predicted molar refractivity (Wildman–Crippen MR) is 75.8 cm³/mol. The number of ether oxygens (including phenoxy) is 1. The van der Waals surface area contributed by atoms with Gasteiger partial charge in [-0.3, -0.25) is 0 Å². The van der Waals surface area contributed by atoms with Gasteiger partial charge < -0.3 is 0 Å². The van der Waals surface area contributed by atoms with Crippen LogP contribution >= 0.6 is 0 Å². The number of aromatic nitrogens is 2. The molecular formula is C13H13FN2O4Se. The van der Waals surface area contributed by atoms with Gasteiger partial charge in [-0.15, -0.1) is 0 Å². The molecule has 0 saturated carbocycles. The zero-order valence-corrected chi connectivity index (χ0v) is 12.6. The van der Waals surface area contributed by atoms with Crippen LogP contribution < -0.4 is 20.3 Å². The Morgan fingerprint density at radius 3 is 2.67 bits per heavy atom. The van der Waals surface area contributed by atoms with E-state index in [2.05, 4.69) is 0 Å². The molecule has 0 amide bonds. The molecule has 2 rings (SSSR count). The van der Waals surface area contributed by atoms with Crippen LogP contribution in [0.2, 0.25) is 0 Å². The third-order valence-electron chi connectivity index (χ3n) is 2.51. The van der Waals surface area contributed by atoms with Crippen LogP contribution in [0.5, 0.6) is 0 Å². The van der Waals surface area contributed by atoms with E-state index >= 15 is 0 Å². The van der Waals surface area contributed by atoms with Gasteiger partial charge in [-0.25, -0.2) is 0 Å². The van der Waals surface area contributed by atoms with Crippen molar-refractivity contribution in [2.45, 2.75) is 6.73 Å². The normalized spacial score (nSPS) is 10.8. The predicted octanol–water partition coefficient (Wildman–Crippen LogP) is -1.70. The van der Waals surface area contributed by atoms with Gasteiger partial charge in [0.15, 0.2) is 0 Å². The zero-order chi connectivity index (χ0) is 15.2. The van der Waals surface area contributed by atoms with Gasteiger partial charge in [-0.05, 0) is 0 Å². The van der Waals surface area contributed by atoms with Crippen molar-refractivity contribution < 1.29 is 14.2 Å². The summed E-state index contributed by atoms with van der Waals surface area (Å²) in [6, 6.07) is 9.01. The van der Waals surface area contributed by atoms with Gasteiger partial charge in [0.2, 0.25) is 0 Å². The number of benzene rings is 1. The minimum absolute atomic E-state index is 0.0142. The summed E-state index contributed by atoms with van der Waals surface area (Å²) in [5.74, 6) is -0.981. The molecule has 0 spiro atoms. The van der Waals surface area contributed by atoms with Gasteiger partial charge in [-0.2, -0.15) is 0 Å². The molecule has 0 radical (unpaired) electrons. The van der Waals surface area contributed by atoms with Gasteiger partial charge in [-0.1, -0.05) is 0 Å². The van der Waals surface area contributed by atoms with Crippen molar-refractivity contribution >= 4 is 24.0 Å². The second-order valence-electron chi connectivity index (χ2n) is 3.98. The number of aliphatic hydroxyl groups is 1. The number of nitrogens with one attached hydrogen (secondary N) is 1. The molecule has 1 aromatic heterocycles. The standard InChI is InChI=1S/C13H13FN2O4Se/c14-10-11(18)15-13(19)16(8-20-7-6-17)12(10)21-9-4-2-1-3-5-9/h1-5,17H,6-8H2,(H,15,18,19). The fraction of sp³-hybridized carbons (Fsp3) is 0.231. The molecule has 0 saturated heterocycles. The topological polar surface area (TPSA) is 84.3 Å². The first-order chi connectivity index (χ1) is 10.1. The number of halogens is 1. The third kappa shape index (κ3) is 3.89. The second-order valence-corrected chi connectivity index (χ2v) is 6.21. The number of H-pyrrole nitrogens is 1. The van der Waals surface area contributed by atoms with E-state index in [-0.39, 0.29) is 24.5 Å². The molecule has 0 bridgehead atoms. The molecule has 0 fully saturated rings. The summed E-state index contributed by atoms with van der Waals surface area (Å²) < 4.78 is 21.0. The van der Waals surface area contributed by atoms with Crippen molar-refractivity contribution in [3.63, 3.8) is 0 Å². The van der Waals surface area contributed by atoms with Crippen LogP contribution in [0, 0.1) is 5.82 Å². The maximum absolute atomic E-state index is 14.0. The van der Waals surface area contributed by atoms with Crippen molar-refractivity contribution in [2.75, 3.05) is 13.2 Å². The van der Waals surface area contributed by atoms with Gasteiger partial charge in [0.05, 0.1) is 0 Å². The van der Waals surface area contributed by atoms with Gasteiger partial charge in [0.1, 0.15) is 0 Å². The molecule has 0 aliphatic carbocycles. The molecule has 1 aromatic carbocycles. The number of aromatic amines is 1. The summed E-state index contributed by atoms with van der Waals surface area (Å²) in [6.45, 7) is -0.415. The summed E-state index contributed by atoms with van der Waals surface area (Å²) in [5.41, 5.74) is -1.77. The summed E-state index contributed by atoms with van der Waals surface area (Å²) >= 11 is -0.554. The van der Waals surface area contributed by atoms with Crippen LogP contribution in [0.1, 0.15) is 0 Å². The number of hydrogen-bond acceptors (Lipinski definition) is 4. The Kier molecular flexibility index (Phi) is 5.46. The molecule has 8 heteroatoms. The first-order valence-corrected chi connectivity index (χ1v) is 7.79. The van der Waals surface area contributed by atoms with Crippen molar-refractivity contribution in [3.8, 4) is 0 Å². The summed E-state index contributed by atoms with van der Waals surface area (Å²) in [5, 5.41) is 8.68. The van der Waals surface area contributed by atoms with Crippen molar-refractivity contribution in [3.05, 3.63) is 57.0 Å². The minimum atomic E-state index is -1.04. The molecule has 2 N–H and O–H groups in total. The molecule has 0 aliphatic heterocycles. The zero-order valence-electron chi connectivity index (χ0n) is 10.9. The van der Waals surface area contributed by atoms with Gasteiger partial charge in [0, 0.05) is 0 Å². The monoisotopic (exact) mass is 360 g/mol.